The molecule has 4 nitrogen and oxygen atoms in total. The molecule has 1 N–H and O–H groups in total. The first-order valence-electron chi connectivity index (χ1n) is 7.93. The zero-order valence-electron chi connectivity index (χ0n) is 14.2. The molecular formula is C19H23NO3S. The van der Waals surface area contributed by atoms with Crippen LogP contribution in [0, 0.1) is 6.92 Å². The summed E-state index contributed by atoms with van der Waals surface area (Å²) < 4.78 is 23.6. The molecule has 0 bridgehead atoms. The fraction of sp³-hybridized carbons (Fsp3) is 0.316. The summed E-state index contributed by atoms with van der Waals surface area (Å²) in [4.78, 5) is 12.6. The predicted molar refractivity (Wildman–Crippen MR) is 96.0 cm³/mol. The number of nitrogens with one attached hydrogen (secondary N) is 1. The van der Waals surface area contributed by atoms with E-state index in [1.54, 1.807) is 19.1 Å². The summed E-state index contributed by atoms with van der Waals surface area (Å²) in [5.41, 5.74) is 2.24. The van der Waals surface area contributed by atoms with Gasteiger partial charge in [0, 0.05) is 17.9 Å². The van der Waals surface area contributed by atoms with E-state index in [0.29, 0.717) is 11.1 Å². The van der Waals surface area contributed by atoms with Crippen molar-refractivity contribution in [3.05, 3.63) is 65.2 Å². The number of carbonyl (C=O) groups is 1. The highest BCUT2D eigenvalue weighted by Crippen LogP contribution is 2.17. The highest BCUT2D eigenvalue weighted by molar-refractivity contribution is 7.90. The first-order valence-corrected chi connectivity index (χ1v) is 9.82. The Hall–Kier alpha value is -2.14. The smallest absolute Gasteiger partial charge is 0.251 e. The van der Waals surface area contributed by atoms with Crippen molar-refractivity contribution >= 4 is 15.7 Å². The quantitative estimate of drug-likeness (QED) is 0.875. The van der Waals surface area contributed by atoms with Crippen LogP contribution < -0.4 is 5.32 Å². The van der Waals surface area contributed by atoms with Crippen LogP contribution in [0.4, 0.5) is 0 Å². The fourth-order valence-corrected chi connectivity index (χ4v) is 3.54. The van der Waals surface area contributed by atoms with Gasteiger partial charge in [-0.15, -0.1) is 0 Å². The third-order valence-corrected chi connectivity index (χ3v) is 5.17. The van der Waals surface area contributed by atoms with E-state index in [1.807, 2.05) is 25.1 Å². The van der Waals surface area contributed by atoms with E-state index < -0.39 is 9.84 Å². The van der Waals surface area contributed by atoms with Crippen molar-refractivity contribution in [2.24, 2.45) is 0 Å². The second-order valence-corrected chi connectivity index (χ2v) is 8.14. The van der Waals surface area contributed by atoms with Crippen LogP contribution in [0.3, 0.4) is 0 Å². The number of aryl methyl sites for hydroxylation is 2. The Kier molecular flexibility index (Phi) is 5.78. The molecular weight excluding hydrogens is 322 g/mol. The van der Waals surface area contributed by atoms with Crippen molar-refractivity contribution < 1.29 is 13.2 Å². The molecule has 0 aromatic heterocycles. The lowest BCUT2D eigenvalue weighted by molar-refractivity contribution is 0.0938. The Balaban J connectivity index is 2.02. The topological polar surface area (TPSA) is 63.2 Å². The summed E-state index contributed by atoms with van der Waals surface area (Å²) >= 11 is 0. The number of rotatable bonds is 6. The van der Waals surface area contributed by atoms with Crippen molar-refractivity contribution in [2.75, 3.05) is 6.26 Å². The molecule has 0 saturated heterocycles. The molecule has 0 heterocycles. The highest BCUT2D eigenvalue weighted by Gasteiger charge is 2.16. The van der Waals surface area contributed by atoms with Crippen LogP contribution in [0.2, 0.25) is 0 Å². The Bertz CT molecular complexity index is 814. The summed E-state index contributed by atoms with van der Waals surface area (Å²) in [7, 11) is -3.34. The van der Waals surface area contributed by atoms with E-state index in [2.05, 4.69) is 17.4 Å². The van der Waals surface area contributed by atoms with Crippen LogP contribution >= 0.6 is 0 Å². The average molecular weight is 345 g/mol. The maximum atomic E-state index is 12.4. The average Bonchev–Trinajstić information content (AvgIpc) is 2.53. The second-order valence-electron chi connectivity index (χ2n) is 6.15. The highest BCUT2D eigenvalue weighted by atomic mass is 32.2. The third kappa shape index (κ3) is 4.93. The SMILES string of the molecule is Cc1ccc(C(=O)NC(C)CCc2ccccc2)cc1S(C)(=O)=O. The van der Waals surface area contributed by atoms with Crippen molar-refractivity contribution in [1.82, 2.24) is 5.32 Å². The minimum atomic E-state index is -3.34. The van der Waals surface area contributed by atoms with Gasteiger partial charge in [0.25, 0.3) is 5.91 Å². The maximum Gasteiger partial charge on any atom is 0.251 e. The van der Waals surface area contributed by atoms with Crippen LogP contribution in [0.1, 0.15) is 34.8 Å². The predicted octanol–water partition coefficient (Wildman–Crippen LogP) is 3.15. The van der Waals surface area contributed by atoms with Gasteiger partial charge in [-0.2, -0.15) is 0 Å². The van der Waals surface area contributed by atoms with Crippen molar-refractivity contribution in [3.63, 3.8) is 0 Å². The Morgan fingerprint density at radius 2 is 1.79 bits per heavy atom. The molecule has 2 rings (SSSR count). The minimum absolute atomic E-state index is 0.000642. The first kappa shape index (κ1) is 18.2. The van der Waals surface area contributed by atoms with Gasteiger partial charge in [0.2, 0.25) is 0 Å². The standard InChI is InChI=1S/C19H23NO3S/c1-14-9-12-17(13-18(14)24(3,22)23)19(21)20-15(2)10-11-16-7-5-4-6-8-16/h4-9,12-13,15H,10-11H2,1-3H3,(H,20,21). The van der Waals surface area contributed by atoms with Crippen molar-refractivity contribution in [2.45, 2.75) is 37.6 Å². The van der Waals surface area contributed by atoms with E-state index in [0.717, 1.165) is 19.1 Å². The van der Waals surface area contributed by atoms with Gasteiger partial charge in [-0.25, -0.2) is 8.42 Å². The molecule has 2 aromatic carbocycles. The lowest BCUT2D eigenvalue weighted by Gasteiger charge is -2.15. The van der Waals surface area contributed by atoms with Crippen LogP contribution in [-0.4, -0.2) is 26.6 Å². The first-order chi connectivity index (χ1) is 11.3. The van der Waals surface area contributed by atoms with Crippen LogP contribution in [0.5, 0.6) is 0 Å². The number of hydrogen-bond acceptors (Lipinski definition) is 3. The molecule has 1 atom stereocenters. The van der Waals surface area contributed by atoms with Gasteiger partial charge in [-0.3, -0.25) is 4.79 Å². The molecule has 24 heavy (non-hydrogen) atoms. The molecule has 0 aliphatic heterocycles. The Labute approximate surface area is 143 Å². The summed E-state index contributed by atoms with van der Waals surface area (Å²) in [5.74, 6) is -0.250. The van der Waals surface area contributed by atoms with E-state index in [4.69, 9.17) is 0 Å². The summed E-state index contributed by atoms with van der Waals surface area (Å²) in [6, 6.07) is 14.9. The monoisotopic (exact) mass is 345 g/mol. The minimum Gasteiger partial charge on any atom is -0.350 e. The fourth-order valence-electron chi connectivity index (χ4n) is 2.55. The van der Waals surface area contributed by atoms with Crippen LogP contribution in [-0.2, 0) is 16.3 Å². The van der Waals surface area contributed by atoms with Gasteiger partial charge in [0.1, 0.15) is 0 Å². The van der Waals surface area contributed by atoms with Crippen molar-refractivity contribution in [1.29, 1.82) is 0 Å². The number of hydrogen-bond donors (Lipinski definition) is 1. The largest absolute Gasteiger partial charge is 0.350 e. The molecule has 5 heteroatoms. The molecule has 0 radical (unpaired) electrons. The van der Waals surface area contributed by atoms with E-state index in [1.165, 1.54) is 11.6 Å². The molecule has 1 amide bonds. The van der Waals surface area contributed by atoms with Gasteiger partial charge < -0.3 is 5.32 Å². The van der Waals surface area contributed by atoms with E-state index in [-0.39, 0.29) is 16.8 Å². The van der Waals surface area contributed by atoms with Gasteiger partial charge in [0.15, 0.2) is 9.84 Å². The van der Waals surface area contributed by atoms with Gasteiger partial charge in [0.05, 0.1) is 4.90 Å². The zero-order valence-corrected chi connectivity index (χ0v) is 15.1. The summed E-state index contributed by atoms with van der Waals surface area (Å²) in [6.07, 6.45) is 2.85. The molecule has 0 saturated carbocycles. The molecule has 2 aromatic rings. The molecule has 0 aliphatic rings. The number of sulfone groups is 1. The van der Waals surface area contributed by atoms with Gasteiger partial charge in [-0.05, 0) is 49.9 Å². The lowest BCUT2D eigenvalue weighted by Crippen LogP contribution is -2.33. The van der Waals surface area contributed by atoms with Crippen LogP contribution in [0.25, 0.3) is 0 Å². The Morgan fingerprint density at radius 1 is 1.12 bits per heavy atom. The Morgan fingerprint density at radius 3 is 2.42 bits per heavy atom. The molecule has 128 valence electrons. The normalized spacial score (nSPS) is 12.6. The molecule has 0 aliphatic carbocycles. The maximum absolute atomic E-state index is 12.4. The number of amides is 1. The van der Waals surface area contributed by atoms with Gasteiger partial charge in [-0.1, -0.05) is 36.4 Å². The molecule has 1 unspecified atom stereocenters. The molecule has 0 spiro atoms. The van der Waals surface area contributed by atoms with E-state index >= 15 is 0 Å². The lowest BCUT2D eigenvalue weighted by atomic mass is 10.1. The zero-order chi connectivity index (χ0) is 17.7. The second kappa shape index (κ2) is 7.62. The third-order valence-electron chi connectivity index (χ3n) is 3.94. The van der Waals surface area contributed by atoms with E-state index in [9.17, 15) is 13.2 Å². The summed E-state index contributed by atoms with van der Waals surface area (Å²) in [5, 5.41) is 2.93. The van der Waals surface area contributed by atoms with Gasteiger partial charge >= 0.3 is 0 Å². The van der Waals surface area contributed by atoms with Crippen LogP contribution in [0.15, 0.2) is 53.4 Å². The van der Waals surface area contributed by atoms with Crippen molar-refractivity contribution in [3.8, 4) is 0 Å². The number of benzene rings is 2. The number of carbonyl (C=O) groups excluding carboxylic acids is 1. The molecule has 0 fully saturated rings. The summed E-state index contributed by atoms with van der Waals surface area (Å²) in [6.45, 7) is 3.67.